The van der Waals surface area contributed by atoms with E-state index in [1.807, 2.05) is 0 Å². The summed E-state index contributed by atoms with van der Waals surface area (Å²) in [6.45, 7) is 8.90. The van der Waals surface area contributed by atoms with Crippen molar-refractivity contribution in [3.05, 3.63) is 251 Å². The van der Waals surface area contributed by atoms with Gasteiger partial charge in [0.25, 0.3) is 0 Å². The molecular formula is C63H46N2O. The molecule has 13 rings (SSSR count). The van der Waals surface area contributed by atoms with E-state index in [-0.39, 0.29) is 0 Å². The van der Waals surface area contributed by atoms with Gasteiger partial charge in [0.2, 0.25) is 0 Å². The van der Waals surface area contributed by atoms with Gasteiger partial charge in [0, 0.05) is 39.1 Å². The van der Waals surface area contributed by atoms with Crippen molar-refractivity contribution in [1.82, 2.24) is 0 Å². The lowest BCUT2D eigenvalue weighted by molar-refractivity contribution is 0.669. The molecular weight excluding hydrogens is 801 g/mol. The second-order valence-corrected chi connectivity index (χ2v) is 18.1. The van der Waals surface area contributed by atoms with Crippen LogP contribution in [-0.2, 0) is 5.41 Å². The largest absolute Gasteiger partial charge is 0.455 e. The zero-order valence-electron chi connectivity index (χ0n) is 37.4. The van der Waals surface area contributed by atoms with Gasteiger partial charge in [-0.05, 0) is 137 Å². The Balaban J connectivity index is 1.26. The Bertz CT molecular complexity index is 3660. The van der Waals surface area contributed by atoms with E-state index in [0.29, 0.717) is 0 Å². The first kappa shape index (κ1) is 38.3. The number of fused-ring (bicyclic) bond motifs is 16. The highest BCUT2D eigenvalue weighted by molar-refractivity contribution is 6.23. The highest BCUT2D eigenvalue weighted by Crippen LogP contribution is 2.67. The summed E-state index contributed by atoms with van der Waals surface area (Å²) >= 11 is 0. The minimum atomic E-state index is -0.704. The Morgan fingerprint density at radius 1 is 0.333 bits per heavy atom. The van der Waals surface area contributed by atoms with E-state index in [1.54, 1.807) is 0 Å². The van der Waals surface area contributed by atoms with Crippen LogP contribution in [0.1, 0.15) is 44.5 Å². The number of anilines is 6. The summed E-state index contributed by atoms with van der Waals surface area (Å²) in [5.74, 6) is 0. The van der Waals surface area contributed by atoms with Crippen LogP contribution < -0.4 is 9.80 Å². The Kier molecular flexibility index (Phi) is 8.38. The van der Waals surface area contributed by atoms with Gasteiger partial charge in [0.05, 0.1) is 22.2 Å². The van der Waals surface area contributed by atoms with Crippen LogP contribution in [0.15, 0.2) is 211 Å². The van der Waals surface area contributed by atoms with Crippen LogP contribution >= 0.6 is 0 Å². The molecule has 0 atom stereocenters. The van der Waals surface area contributed by atoms with Gasteiger partial charge in [-0.1, -0.05) is 164 Å². The number of aryl methyl sites for hydroxylation is 4. The first-order valence-corrected chi connectivity index (χ1v) is 23.0. The third-order valence-corrected chi connectivity index (χ3v) is 14.6. The molecule has 10 aromatic carbocycles. The maximum atomic E-state index is 7.41. The lowest BCUT2D eigenvalue weighted by Crippen LogP contribution is -2.27. The summed E-state index contributed by atoms with van der Waals surface area (Å²) in [6, 6.07) is 76.2. The maximum Gasteiger partial charge on any atom is 0.145 e. The number of benzene rings is 10. The molecule has 0 bridgehead atoms. The summed E-state index contributed by atoms with van der Waals surface area (Å²) in [7, 11) is 0. The summed E-state index contributed by atoms with van der Waals surface area (Å²) < 4.78 is 7.41. The monoisotopic (exact) mass is 846 g/mol. The van der Waals surface area contributed by atoms with Crippen LogP contribution in [0.2, 0.25) is 0 Å². The smallest absolute Gasteiger partial charge is 0.145 e. The zero-order chi connectivity index (χ0) is 44.3. The quantitative estimate of drug-likeness (QED) is 0.166. The molecule has 11 aromatic rings. The summed E-state index contributed by atoms with van der Waals surface area (Å²) in [6.07, 6.45) is 0. The van der Waals surface area contributed by atoms with Crippen LogP contribution in [0.4, 0.5) is 34.1 Å². The van der Waals surface area contributed by atoms with Crippen molar-refractivity contribution in [3.8, 4) is 22.3 Å². The van der Waals surface area contributed by atoms with Crippen molar-refractivity contribution in [2.24, 2.45) is 0 Å². The molecule has 1 spiro atoms. The molecule has 0 N–H and O–H groups in total. The Morgan fingerprint density at radius 2 is 0.727 bits per heavy atom. The van der Waals surface area contributed by atoms with Crippen LogP contribution in [0.5, 0.6) is 0 Å². The minimum absolute atomic E-state index is 0.704. The lowest BCUT2D eigenvalue weighted by Gasteiger charge is -2.34. The Morgan fingerprint density at radius 3 is 1.26 bits per heavy atom. The normalized spacial score (nSPS) is 13.0. The Hall–Kier alpha value is -8.14. The fourth-order valence-electron chi connectivity index (χ4n) is 11.7. The van der Waals surface area contributed by atoms with Crippen molar-refractivity contribution < 1.29 is 4.42 Å². The van der Waals surface area contributed by atoms with Gasteiger partial charge in [-0.3, -0.25) is 0 Å². The fourth-order valence-corrected chi connectivity index (χ4v) is 11.7. The number of nitrogens with zero attached hydrogens (tertiary/aromatic N) is 2. The van der Waals surface area contributed by atoms with Gasteiger partial charge >= 0.3 is 0 Å². The van der Waals surface area contributed by atoms with Crippen LogP contribution in [0, 0.1) is 27.7 Å². The maximum absolute atomic E-state index is 7.41. The van der Waals surface area contributed by atoms with E-state index < -0.39 is 5.41 Å². The molecule has 0 radical (unpaired) electrons. The number of rotatable bonds is 6. The summed E-state index contributed by atoms with van der Waals surface area (Å²) in [4.78, 5) is 5.01. The topological polar surface area (TPSA) is 19.6 Å². The number of hydrogen-bond donors (Lipinski definition) is 0. The molecule has 0 amide bonds. The van der Waals surface area contributed by atoms with Crippen LogP contribution in [0.3, 0.4) is 0 Å². The second-order valence-electron chi connectivity index (χ2n) is 18.1. The summed E-state index contributed by atoms with van der Waals surface area (Å²) in [5, 5.41) is 4.58. The molecule has 0 aliphatic heterocycles. The molecule has 1 aromatic heterocycles. The first-order chi connectivity index (χ1) is 32.4. The van der Waals surface area contributed by atoms with Crippen molar-refractivity contribution in [1.29, 1.82) is 0 Å². The van der Waals surface area contributed by atoms with Gasteiger partial charge in [-0.15, -0.1) is 0 Å². The first-order valence-electron chi connectivity index (χ1n) is 23.0. The second kappa shape index (κ2) is 14.4. The molecule has 0 unspecified atom stereocenters. The molecule has 2 aliphatic carbocycles. The van der Waals surface area contributed by atoms with E-state index in [1.165, 1.54) is 72.0 Å². The van der Waals surface area contributed by atoms with Crippen molar-refractivity contribution in [2.45, 2.75) is 33.1 Å². The lowest BCUT2D eigenvalue weighted by atomic mass is 9.70. The van der Waals surface area contributed by atoms with E-state index in [2.05, 4.69) is 244 Å². The average Bonchev–Trinajstić information content (AvgIpc) is 3.98. The molecule has 2 aliphatic rings. The zero-order valence-corrected chi connectivity index (χ0v) is 37.4. The third kappa shape index (κ3) is 5.20. The minimum Gasteiger partial charge on any atom is -0.455 e. The van der Waals surface area contributed by atoms with Gasteiger partial charge in [0.1, 0.15) is 11.2 Å². The molecule has 3 nitrogen and oxygen atoms in total. The molecule has 0 saturated carbocycles. The third-order valence-electron chi connectivity index (χ3n) is 14.6. The van der Waals surface area contributed by atoms with E-state index >= 15 is 0 Å². The molecule has 1 heterocycles. The van der Waals surface area contributed by atoms with Crippen LogP contribution in [-0.4, -0.2) is 0 Å². The number of furan rings is 1. The summed E-state index contributed by atoms with van der Waals surface area (Å²) in [5.41, 5.74) is 22.6. The Labute approximate surface area is 385 Å². The van der Waals surface area contributed by atoms with Gasteiger partial charge in [-0.2, -0.15) is 0 Å². The van der Waals surface area contributed by atoms with Gasteiger partial charge in [-0.25, -0.2) is 0 Å². The van der Waals surface area contributed by atoms with Gasteiger partial charge < -0.3 is 14.2 Å². The van der Waals surface area contributed by atoms with Crippen molar-refractivity contribution in [3.63, 3.8) is 0 Å². The SMILES string of the molecule is Cc1ccccc1N(c1ccccc1C)c1cc2c(c3ccccc13)-c1c(cc(N(c3ccccc3C)c3ccccc3C)c3c1oc1ccccc13)C21c2ccccc2-c2ccccc21. The van der Waals surface area contributed by atoms with Gasteiger partial charge in [0.15, 0.2) is 0 Å². The molecule has 0 saturated heterocycles. The van der Waals surface area contributed by atoms with E-state index in [9.17, 15) is 0 Å². The molecule has 66 heavy (non-hydrogen) atoms. The highest BCUT2D eigenvalue weighted by Gasteiger charge is 2.54. The predicted octanol–water partition coefficient (Wildman–Crippen LogP) is 17.3. The van der Waals surface area contributed by atoms with E-state index in [0.717, 1.165) is 61.6 Å². The molecule has 3 heteroatoms. The highest BCUT2D eigenvalue weighted by atomic mass is 16.3. The van der Waals surface area contributed by atoms with Crippen LogP contribution in [0.25, 0.3) is 55.0 Å². The molecule has 0 fully saturated rings. The predicted molar refractivity (Wildman–Crippen MR) is 276 cm³/mol. The average molecular weight is 847 g/mol. The van der Waals surface area contributed by atoms with E-state index in [4.69, 9.17) is 4.42 Å². The fraction of sp³-hybridized carbons (Fsp3) is 0.0794. The standard InChI is InChI=1S/C63H46N2O/c1-39-21-5-16-32-52(39)64(53-33-17-6-22-40(53)2)56-37-50-59(46-28-10-9-27-45(46)56)61-51(63(50)48-30-14-11-25-43(48)44-26-12-15-31-49(44)63)38-57(60-47-29-13-20-36-58(47)66-62(60)61)65(54-34-18-7-23-41(54)3)55-35-19-8-24-42(55)4/h5-38H,1-4H3. The molecule has 314 valence electrons. The van der Waals surface area contributed by atoms with Crippen molar-refractivity contribution >= 4 is 66.8 Å². The number of hydrogen-bond acceptors (Lipinski definition) is 3. The van der Waals surface area contributed by atoms with Crippen molar-refractivity contribution in [2.75, 3.05) is 9.80 Å². The number of para-hydroxylation sites is 5.